The van der Waals surface area contributed by atoms with Gasteiger partial charge in [0.05, 0.1) is 18.6 Å². The lowest BCUT2D eigenvalue weighted by Gasteiger charge is -2.08. The van der Waals surface area contributed by atoms with E-state index in [1.807, 2.05) is 6.92 Å². The molecule has 1 rings (SSSR count). The molecule has 0 saturated carbocycles. The average molecular weight is 284 g/mol. The van der Waals surface area contributed by atoms with Crippen molar-refractivity contribution >= 4 is 15.8 Å². The zero-order chi connectivity index (χ0) is 14.5. The summed E-state index contributed by atoms with van der Waals surface area (Å²) in [6, 6.07) is 6.19. The lowest BCUT2D eigenvalue weighted by atomic mass is 10.2. The molecule has 0 aliphatic rings. The number of hydrogen-bond donors (Lipinski definition) is 0. The van der Waals surface area contributed by atoms with Crippen LogP contribution in [0.25, 0.3) is 0 Å². The van der Waals surface area contributed by atoms with Crippen molar-refractivity contribution in [1.82, 2.24) is 0 Å². The maximum atomic E-state index is 12.3. The van der Waals surface area contributed by atoms with Crippen LogP contribution in [0, 0.1) is 6.92 Å². The number of benzene rings is 1. The molecule has 1 aromatic rings. The summed E-state index contributed by atoms with van der Waals surface area (Å²) in [5.41, 5.74) is 0.923. The van der Waals surface area contributed by atoms with E-state index < -0.39 is 20.7 Å². The minimum atomic E-state index is -3.94. The molecule has 0 N–H and O–H groups in total. The van der Waals surface area contributed by atoms with Crippen LogP contribution in [-0.2, 0) is 24.1 Å². The molecule has 5 nitrogen and oxygen atoms in total. The summed E-state index contributed by atoms with van der Waals surface area (Å²) in [6.07, 6.45) is 0.918. The maximum Gasteiger partial charge on any atom is 0.353 e. The van der Waals surface area contributed by atoms with E-state index in [0.29, 0.717) is 0 Å². The molecule has 1 aromatic carbocycles. The molecule has 0 unspecified atom stereocenters. The number of methoxy groups -OCH3 is 1. The van der Waals surface area contributed by atoms with Gasteiger partial charge in [-0.05, 0) is 26.0 Å². The van der Waals surface area contributed by atoms with Crippen LogP contribution < -0.4 is 0 Å². The zero-order valence-corrected chi connectivity index (χ0v) is 11.9. The first-order chi connectivity index (χ1) is 8.93. The Morgan fingerprint density at radius 2 is 1.84 bits per heavy atom. The summed E-state index contributed by atoms with van der Waals surface area (Å²) in [7, 11) is -2.82. The van der Waals surface area contributed by atoms with Gasteiger partial charge in [-0.15, -0.1) is 0 Å². The van der Waals surface area contributed by atoms with Crippen molar-refractivity contribution in [3.8, 4) is 0 Å². The Kier molecular flexibility index (Phi) is 5.11. The molecular weight excluding hydrogens is 268 g/mol. The second kappa shape index (κ2) is 6.38. The van der Waals surface area contributed by atoms with Crippen LogP contribution in [0.15, 0.2) is 40.3 Å². The molecule has 0 atom stereocenters. The smallest absolute Gasteiger partial charge is 0.353 e. The first-order valence-corrected chi connectivity index (χ1v) is 7.13. The number of hydrogen-bond acceptors (Lipinski definition) is 5. The van der Waals surface area contributed by atoms with Crippen LogP contribution in [0.3, 0.4) is 0 Å². The van der Waals surface area contributed by atoms with E-state index in [1.54, 1.807) is 19.1 Å². The lowest BCUT2D eigenvalue weighted by molar-refractivity contribution is -0.135. The Labute approximate surface area is 112 Å². The molecule has 0 bridgehead atoms. The highest BCUT2D eigenvalue weighted by atomic mass is 32.2. The topological polar surface area (TPSA) is 69.7 Å². The molecule has 0 aromatic heterocycles. The molecule has 0 heterocycles. The van der Waals surface area contributed by atoms with Crippen LogP contribution in [0.2, 0.25) is 0 Å². The van der Waals surface area contributed by atoms with Crippen molar-refractivity contribution in [3.63, 3.8) is 0 Å². The van der Waals surface area contributed by atoms with E-state index in [2.05, 4.69) is 4.74 Å². The van der Waals surface area contributed by atoms with Crippen LogP contribution in [0.1, 0.15) is 12.5 Å². The standard InChI is InChI=1S/C13H16O5S/c1-4-18-9-12(13(14)17-3)19(15,16)11-7-5-10(2)6-8-11/h5-9H,4H2,1-3H3/b12-9-. The Bertz CT molecular complexity index is 570. The summed E-state index contributed by atoms with van der Waals surface area (Å²) in [4.78, 5) is 11.1. The number of sulfone groups is 1. The van der Waals surface area contributed by atoms with Crippen molar-refractivity contribution < 1.29 is 22.7 Å². The van der Waals surface area contributed by atoms with E-state index >= 15 is 0 Å². The fraction of sp³-hybridized carbons (Fsp3) is 0.308. The maximum absolute atomic E-state index is 12.3. The lowest BCUT2D eigenvalue weighted by Crippen LogP contribution is -2.16. The van der Waals surface area contributed by atoms with Crippen molar-refractivity contribution in [2.24, 2.45) is 0 Å². The molecular formula is C13H16O5S. The molecule has 19 heavy (non-hydrogen) atoms. The monoisotopic (exact) mass is 284 g/mol. The van der Waals surface area contributed by atoms with Gasteiger partial charge in [0.1, 0.15) is 6.26 Å². The van der Waals surface area contributed by atoms with E-state index in [4.69, 9.17) is 4.74 Å². The van der Waals surface area contributed by atoms with Crippen molar-refractivity contribution in [2.45, 2.75) is 18.7 Å². The molecule has 0 saturated heterocycles. The van der Waals surface area contributed by atoms with Gasteiger partial charge in [0.25, 0.3) is 0 Å². The van der Waals surface area contributed by atoms with Gasteiger partial charge in [-0.25, -0.2) is 13.2 Å². The van der Waals surface area contributed by atoms with E-state index in [1.165, 1.54) is 12.1 Å². The summed E-state index contributed by atoms with van der Waals surface area (Å²) in [5.74, 6) is -0.950. The fourth-order valence-electron chi connectivity index (χ4n) is 1.33. The third-order valence-electron chi connectivity index (χ3n) is 2.36. The summed E-state index contributed by atoms with van der Waals surface area (Å²) >= 11 is 0. The predicted octanol–water partition coefficient (Wildman–Crippen LogP) is 1.82. The van der Waals surface area contributed by atoms with Gasteiger partial charge < -0.3 is 9.47 Å². The average Bonchev–Trinajstić information content (AvgIpc) is 2.39. The summed E-state index contributed by atoms with van der Waals surface area (Å²) in [5, 5.41) is 0. The molecule has 0 radical (unpaired) electrons. The predicted molar refractivity (Wildman–Crippen MR) is 70.1 cm³/mol. The number of aryl methyl sites for hydroxylation is 1. The number of carbonyl (C=O) groups excluding carboxylic acids is 1. The molecule has 104 valence electrons. The van der Waals surface area contributed by atoms with Gasteiger partial charge in [-0.2, -0.15) is 0 Å². The second-order valence-corrected chi connectivity index (χ2v) is 5.66. The fourth-order valence-corrected chi connectivity index (χ4v) is 2.57. The number of carbonyl (C=O) groups is 1. The first-order valence-electron chi connectivity index (χ1n) is 5.65. The number of rotatable bonds is 5. The van der Waals surface area contributed by atoms with Gasteiger partial charge in [0, 0.05) is 0 Å². The van der Waals surface area contributed by atoms with Gasteiger partial charge in [0.15, 0.2) is 4.91 Å². The summed E-state index contributed by atoms with van der Waals surface area (Å²) < 4.78 is 34.0. The minimum Gasteiger partial charge on any atom is -0.500 e. The first kappa shape index (κ1) is 15.2. The van der Waals surface area contributed by atoms with Crippen molar-refractivity contribution in [3.05, 3.63) is 41.0 Å². The molecule has 0 aliphatic carbocycles. The highest BCUT2D eigenvalue weighted by Crippen LogP contribution is 2.20. The third kappa shape index (κ3) is 3.57. The minimum absolute atomic E-state index is 0.0226. The SMILES string of the molecule is CCO/C=C(/C(=O)OC)S(=O)(=O)c1ccc(C)cc1. The van der Waals surface area contributed by atoms with Gasteiger partial charge in [-0.1, -0.05) is 17.7 Å². The van der Waals surface area contributed by atoms with Crippen molar-refractivity contribution in [2.75, 3.05) is 13.7 Å². The van der Waals surface area contributed by atoms with Crippen LogP contribution >= 0.6 is 0 Å². The Morgan fingerprint density at radius 1 is 1.26 bits per heavy atom. The highest BCUT2D eigenvalue weighted by molar-refractivity contribution is 7.96. The van der Waals surface area contributed by atoms with Gasteiger partial charge >= 0.3 is 5.97 Å². The van der Waals surface area contributed by atoms with Crippen LogP contribution in [0.4, 0.5) is 0 Å². The van der Waals surface area contributed by atoms with Gasteiger partial charge in [-0.3, -0.25) is 0 Å². The molecule has 0 spiro atoms. The van der Waals surface area contributed by atoms with Gasteiger partial charge in [0.2, 0.25) is 9.84 Å². The van der Waals surface area contributed by atoms with Crippen molar-refractivity contribution in [1.29, 1.82) is 0 Å². The largest absolute Gasteiger partial charge is 0.500 e. The molecule has 6 heteroatoms. The molecule has 0 aliphatic heterocycles. The number of esters is 1. The molecule has 0 fully saturated rings. The van der Waals surface area contributed by atoms with E-state index in [-0.39, 0.29) is 11.5 Å². The zero-order valence-electron chi connectivity index (χ0n) is 11.0. The third-order valence-corrected chi connectivity index (χ3v) is 4.10. The Balaban J connectivity index is 3.27. The normalized spacial score (nSPS) is 12.1. The van der Waals surface area contributed by atoms with Crippen LogP contribution in [0.5, 0.6) is 0 Å². The number of ether oxygens (including phenoxy) is 2. The quantitative estimate of drug-likeness (QED) is 0.468. The summed E-state index contributed by atoms with van der Waals surface area (Å²) in [6.45, 7) is 3.78. The second-order valence-electron chi connectivity index (χ2n) is 3.75. The van der Waals surface area contributed by atoms with Crippen LogP contribution in [-0.4, -0.2) is 28.1 Å². The molecule has 0 amide bonds. The Morgan fingerprint density at radius 3 is 2.32 bits per heavy atom. The van der Waals surface area contributed by atoms with E-state index in [0.717, 1.165) is 18.9 Å². The van der Waals surface area contributed by atoms with E-state index in [9.17, 15) is 13.2 Å². The highest BCUT2D eigenvalue weighted by Gasteiger charge is 2.28. The Hall–Kier alpha value is -1.82.